The molecule has 1 aliphatic heterocycles. The smallest absolute Gasteiger partial charge is 0.318 e. The second-order valence-electron chi connectivity index (χ2n) is 4.99. The Morgan fingerprint density at radius 2 is 1.92 bits per heavy atom. The fraction of sp³-hybridized carbons (Fsp3) is 0.143. The maximum Gasteiger partial charge on any atom is 0.471 e. The Morgan fingerprint density at radius 3 is 2.58 bits per heavy atom. The molecule has 0 radical (unpaired) electrons. The minimum atomic E-state index is -5.16. The summed E-state index contributed by atoms with van der Waals surface area (Å²) in [5.74, 6) is -3.44. The molecular weight excluding hydrogens is 367 g/mol. The SMILES string of the molecule is O=C1c2sccc2CS(=O)(=O)c2cccc(NC(=O)C(F)(F)F)c21. The molecule has 1 aliphatic rings. The monoisotopic (exact) mass is 375 g/mol. The Morgan fingerprint density at radius 1 is 1.21 bits per heavy atom. The van der Waals surface area contributed by atoms with Crippen LogP contribution in [0, 0.1) is 0 Å². The van der Waals surface area contributed by atoms with E-state index in [0.29, 0.717) is 0 Å². The Bertz CT molecular complexity index is 961. The predicted molar refractivity (Wildman–Crippen MR) is 79.8 cm³/mol. The van der Waals surface area contributed by atoms with Crippen molar-refractivity contribution in [3.8, 4) is 0 Å². The quantitative estimate of drug-likeness (QED) is 0.831. The summed E-state index contributed by atoms with van der Waals surface area (Å²) in [7, 11) is -3.94. The lowest BCUT2D eigenvalue weighted by atomic mass is 10.1. The molecule has 0 unspecified atom stereocenters. The number of thiophene rings is 1. The van der Waals surface area contributed by atoms with Gasteiger partial charge in [-0.1, -0.05) is 6.07 Å². The molecule has 0 saturated carbocycles. The number of hydrogen-bond donors (Lipinski definition) is 1. The molecule has 0 aliphatic carbocycles. The molecule has 5 nitrogen and oxygen atoms in total. The van der Waals surface area contributed by atoms with Crippen LogP contribution in [0.5, 0.6) is 0 Å². The number of carbonyl (C=O) groups excluding carboxylic acids is 2. The largest absolute Gasteiger partial charge is 0.471 e. The Labute approximate surface area is 138 Å². The maximum atomic E-state index is 12.6. The predicted octanol–water partition coefficient (Wildman–Crippen LogP) is 2.77. The minimum absolute atomic E-state index is 0.131. The Hall–Kier alpha value is -2.20. The van der Waals surface area contributed by atoms with Gasteiger partial charge in [-0.15, -0.1) is 11.3 Å². The van der Waals surface area contributed by atoms with Crippen molar-refractivity contribution in [1.82, 2.24) is 0 Å². The highest BCUT2D eigenvalue weighted by Gasteiger charge is 2.40. The van der Waals surface area contributed by atoms with E-state index in [9.17, 15) is 31.2 Å². The molecule has 1 aromatic heterocycles. The van der Waals surface area contributed by atoms with Gasteiger partial charge in [0.25, 0.3) is 0 Å². The first-order valence-electron chi connectivity index (χ1n) is 6.46. The van der Waals surface area contributed by atoms with Gasteiger partial charge in [0.2, 0.25) is 5.78 Å². The number of hydrogen-bond acceptors (Lipinski definition) is 5. The number of anilines is 1. The van der Waals surface area contributed by atoms with Gasteiger partial charge >= 0.3 is 12.1 Å². The van der Waals surface area contributed by atoms with Gasteiger partial charge in [-0.2, -0.15) is 13.2 Å². The van der Waals surface area contributed by atoms with E-state index in [1.165, 1.54) is 17.5 Å². The van der Waals surface area contributed by atoms with Gasteiger partial charge in [-0.3, -0.25) is 9.59 Å². The molecule has 0 bridgehead atoms. The first-order chi connectivity index (χ1) is 11.1. The topological polar surface area (TPSA) is 80.3 Å². The van der Waals surface area contributed by atoms with Crippen LogP contribution in [0.15, 0.2) is 34.5 Å². The van der Waals surface area contributed by atoms with E-state index < -0.39 is 49.6 Å². The number of carbonyl (C=O) groups is 2. The van der Waals surface area contributed by atoms with Gasteiger partial charge in [0.15, 0.2) is 9.84 Å². The van der Waals surface area contributed by atoms with Crippen molar-refractivity contribution in [2.75, 3.05) is 5.32 Å². The van der Waals surface area contributed by atoms with Gasteiger partial charge in [0.05, 0.1) is 26.8 Å². The third-order valence-electron chi connectivity index (χ3n) is 3.39. The summed E-state index contributed by atoms with van der Waals surface area (Å²) in [6.07, 6.45) is -5.16. The zero-order valence-corrected chi connectivity index (χ0v) is 13.3. The first-order valence-corrected chi connectivity index (χ1v) is 8.99. The van der Waals surface area contributed by atoms with E-state index in [0.717, 1.165) is 23.5 Å². The van der Waals surface area contributed by atoms with Crippen molar-refractivity contribution in [3.05, 3.63) is 45.6 Å². The molecular formula is C14H8F3NO4S2. The van der Waals surface area contributed by atoms with Crippen molar-refractivity contribution >= 4 is 38.6 Å². The summed E-state index contributed by atoms with van der Waals surface area (Å²) >= 11 is 0.995. The van der Waals surface area contributed by atoms with Crippen LogP contribution in [-0.4, -0.2) is 26.3 Å². The van der Waals surface area contributed by atoms with Gasteiger partial charge in [0.1, 0.15) is 0 Å². The third-order valence-corrected chi connectivity index (χ3v) is 6.05. The number of ketones is 1. The average Bonchev–Trinajstić information content (AvgIpc) is 2.89. The van der Waals surface area contributed by atoms with Gasteiger partial charge in [-0.05, 0) is 29.1 Å². The van der Waals surface area contributed by atoms with Crippen molar-refractivity contribution in [2.24, 2.45) is 0 Å². The van der Waals surface area contributed by atoms with Crippen LogP contribution >= 0.6 is 11.3 Å². The molecule has 10 heteroatoms. The normalized spacial score (nSPS) is 16.0. The highest BCUT2D eigenvalue weighted by molar-refractivity contribution is 7.90. The van der Waals surface area contributed by atoms with Gasteiger partial charge < -0.3 is 5.32 Å². The summed E-state index contributed by atoms with van der Waals surface area (Å²) in [6, 6.07) is 4.86. The number of nitrogens with one attached hydrogen (secondary N) is 1. The van der Waals surface area contributed by atoms with Crippen LogP contribution in [0.2, 0.25) is 0 Å². The van der Waals surface area contributed by atoms with Crippen LogP contribution in [0.3, 0.4) is 0 Å². The first kappa shape index (κ1) is 16.7. The summed E-state index contributed by atoms with van der Waals surface area (Å²) in [4.78, 5) is 23.6. The molecule has 3 rings (SSSR count). The summed E-state index contributed by atoms with van der Waals surface area (Å²) in [5.41, 5.74) is -0.643. The molecule has 1 aromatic carbocycles. The lowest BCUT2D eigenvalue weighted by molar-refractivity contribution is -0.167. The molecule has 24 heavy (non-hydrogen) atoms. The van der Waals surface area contributed by atoms with E-state index in [1.807, 2.05) is 0 Å². The summed E-state index contributed by atoms with van der Waals surface area (Å²) in [5, 5.41) is 3.11. The molecule has 2 aromatic rings. The number of fused-ring (bicyclic) bond motifs is 2. The highest BCUT2D eigenvalue weighted by atomic mass is 32.2. The van der Waals surface area contributed by atoms with Crippen LogP contribution in [-0.2, 0) is 20.4 Å². The van der Waals surface area contributed by atoms with E-state index >= 15 is 0 Å². The molecule has 1 amide bonds. The van der Waals surface area contributed by atoms with E-state index in [1.54, 1.807) is 5.32 Å². The van der Waals surface area contributed by atoms with Crippen LogP contribution in [0.25, 0.3) is 0 Å². The average molecular weight is 375 g/mol. The maximum absolute atomic E-state index is 12.6. The second-order valence-corrected chi connectivity index (χ2v) is 7.87. The van der Waals surface area contributed by atoms with Crippen LogP contribution in [0.1, 0.15) is 20.8 Å². The van der Waals surface area contributed by atoms with Crippen molar-refractivity contribution in [3.63, 3.8) is 0 Å². The summed E-state index contributed by atoms with van der Waals surface area (Å²) < 4.78 is 62.3. The molecule has 0 fully saturated rings. The Kier molecular flexibility index (Phi) is 3.76. The van der Waals surface area contributed by atoms with Crippen molar-refractivity contribution < 1.29 is 31.2 Å². The molecule has 0 atom stereocenters. The van der Waals surface area contributed by atoms with Gasteiger partial charge in [0, 0.05) is 0 Å². The zero-order valence-electron chi connectivity index (χ0n) is 11.7. The highest BCUT2D eigenvalue weighted by Crippen LogP contribution is 2.36. The fourth-order valence-corrected chi connectivity index (χ4v) is 4.93. The molecule has 2 heterocycles. The summed E-state index contributed by atoms with van der Waals surface area (Å²) in [6.45, 7) is 0. The lowest BCUT2D eigenvalue weighted by Crippen LogP contribution is -2.30. The fourth-order valence-electron chi connectivity index (χ4n) is 2.37. The van der Waals surface area contributed by atoms with Gasteiger partial charge in [-0.25, -0.2) is 8.42 Å². The standard InChI is InChI=1S/C14H8F3NO4S2/c15-14(16,17)13(20)18-8-2-1-3-9-10(8)11(19)12-7(4-5-23-12)6-24(9,21)22/h1-5H,6H2,(H,18,20). The Balaban J connectivity index is 2.22. The third kappa shape index (κ3) is 2.71. The second kappa shape index (κ2) is 5.42. The number of alkyl halides is 3. The minimum Gasteiger partial charge on any atom is -0.318 e. The molecule has 0 saturated heterocycles. The molecule has 1 N–H and O–H groups in total. The van der Waals surface area contributed by atoms with Crippen LogP contribution < -0.4 is 5.32 Å². The van der Waals surface area contributed by atoms with Crippen LogP contribution in [0.4, 0.5) is 18.9 Å². The molecule has 126 valence electrons. The lowest BCUT2D eigenvalue weighted by Gasteiger charge is -2.13. The van der Waals surface area contributed by atoms with Crippen molar-refractivity contribution in [1.29, 1.82) is 0 Å². The molecule has 0 spiro atoms. The number of sulfone groups is 1. The number of halogens is 3. The zero-order chi connectivity index (χ0) is 17.7. The van der Waals surface area contributed by atoms with E-state index in [4.69, 9.17) is 0 Å². The van der Waals surface area contributed by atoms with E-state index in [-0.39, 0.29) is 10.4 Å². The number of amides is 1. The number of rotatable bonds is 1. The van der Waals surface area contributed by atoms with E-state index in [2.05, 4.69) is 0 Å². The van der Waals surface area contributed by atoms with Crippen molar-refractivity contribution in [2.45, 2.75) is 16.8 Å². The number of benzene rings is 1.